The summed E-state index contributed by atoms with van der Waals surface area (Å²) in [5.41, 5.74) is 0. The third-order valence-corrected chi connectivity index (χ3v) is 6.22. The lowest BCUT2D eigenvalue weighted by Crippen LogP contribution is -2.55. The molecule has 0 aromatic carbocycles. The molecule has 158 valence electrons. The molecule has 0 radical (unpaired) electrons. The van der Waals surface area contributed by atoms with Gasteiger partial charge in [-0.25, -0.2) is 0 Å². The molecule has 0 aromatic rings. The fourth-order valence-corrected chi connectivity index (χ4v) is 4.39. The zero-order valence-corrected chi connectivity index (χ0v) is 17.6. The van der Waals surface area contributed by atoms with Crippen molar-refractivity contribution in [1.29, 1.82) is 0 Å². The number of rotatable bonds is 10. The van der Waals surface area contributed by atoms with Crippen molar-refractivity contribution in [1.82, 2.24) is 16.0 Å². The Morgan fingerprint density at radius 3 is 2.54 bits per heavy atom. The van der Waals surface area contributed by atoms with Crippen LogP contribution in [0.1, 0.15) is 77.6 Å². The lowest BCUT2D eigenvalue weighted by Gasteiger charge is -2.26. The second kappa shape index (κ2) is 12.1. The van der Waals surface area contributed by atoms with Gasteiger partial charge in [-0.3, -0.25) is 19.2 Å². The van der Waals surface area contributed by atoms with E-state index in [2.05, 4.69) is 16.0 Å². The minimum Gasteiger partial charge on any atom is -0.352 e. The Morgan fingerprint density at radius 1 is 1.11 bits per heavy atom. The summed E-state index contributed by atoms with van der Waals surface area (Å²) in [6.07, 6.45) is 9.18. The van der Waals surface area contributed by atoms with E-state index >= 15 is 0 Å². The third kappa shape index (κ3) is 8.20. The van der Waals surface area contributed by atoms with Crippen LogP contribution in [0, 0.1) is 0 Å². The first-order chi connectivity index (χ1) is 13.5. The van der Waals surface area contributed by atoms with Crippen molar-refractivity contribution in [2.75, 3.05) is 5.75 Å². The van der Waals surface area contributed by atoms with Gasteiger partial charge >= 0.3 is 0 Å². The van der Waals surface area contributed by atoms with Crippen LogP contribution in [0.2, 0.25) is 0 Å². The monoisotopic (exact) mass is 411 g/mol. The molecule has 3 amide bonds. The minimum absolute atomic E-state index is 0.110. The molecule has 2 rings (SSSR count). The van der Waals surface area contributed by atoms with Crippen molar-refractivity contribution in [3.8, 4) is 0 Å². The normalized spacial score (nSPS) is 21.0. The lowest BCUT2D eigenvalue weighted by atomic mass is 10.0. The molecule has 28 heavy (non-hydrogen) atoms. The summed E-state index contributed by atoms with van der Waals surface area (Å²) in [5, 5.41) is 8.77. The van der Waals surface area contributed by atoms with Crippen LogP contribution >= 0.6 is 11.8 Å². The highest BCUT2D eigenvalue weighted by molar-refractivity contribution is 8.13. The molecular weight excluding hydrogens is 378 g/mol. The summed E-state index contributed by atoms with van der Waals surface area (Å²) in [6, 6.07) is -0.921. The topological polar surface area (TPSA) is 104 Å². The number of amides is 3. The number of carbonyl (C=O) groups excluding carboxylic acids is 4. The summed E-state index contributed by atoms with van der Waals surface area (Å²) in [7, 11) is 0. The van der Waals surface area contributed by atoms with E-state index in [0.29, 0.717) is 25.7 Å². The van der Waals surface area contributed by atoms with Crippen LogP contribution in [0.15, 0.2) is 0 Å². The molecule has 0 bridgehead atoms. The number of unbranched alkanes of at least 4 members (excludes halogenated alkanes) is 2. The first-order valence-electron chi connectivity index (χ1n) is 10.5. The highest BCUT2D eigenvalue weighted by Gasteiger charge is 2.29. The SMILES string of the molecule is CC(=O)SCCCCC[C@H](NC(=O)[C@@H]1CCCC(=O)N1)C(=O)NC1CCCC1. The van der Waals surface area contributed by atoms with Crippen molar-refractivity contribution in [2.45, 2.75) is 95.7 Å². The van der Waals surface area contributed by atoms with Gasteiger partial charge in [0, 0.05) is 25.1 Å². The van der Waals surface area contributed by atoms with E-state index in [4.69, 9.17) is 0 Å². The van der Waals surface area contributed by atoms with E-state index in [1.807, 2.05) is 0 Å². The van der Waals surface area contributed by atoms with E-state index in [9.17, 15) is 19.2 Å². The zero-order chi connectivity index (χ0) is 20.4. The molecule has 2 atom stereocenters. The van der Waals surface area contributed by atoms with Gasteiger partial charge in [0.15, 0.2) is 5.12 Å². The van der Waals surface area contributed by atoms with E-state index in [1.54, 1.807) is 6.92 Å². The van der Waals surface area contributed by atoms with Crippen molar-refractivity contribution < 1.29 is 19.2 Å². The molecule has 1 aliphatic carbocycles. The van der Waals surface area contributed by atoms with Crippen LogP contribution < -0.4 is 16.0 Å². The summed E-state index contributed by atoms with van der Waals surface area (Å²) in [6.45, 7) is 1.56. The molecule has 1 saturated heterocycles. The lowest BCUT2D eigenvalue weighted by molar-refractivity contribution is -0.133. The van der Waals surface area contributed by atoms with Crippen molar-refractivity contribution >= 4 is 34.6 Å². The van der Waals surface area contributed by atoms with Gasteiger partial charge < -0.3 is 16.0 Å². The molecule has 0 spiro atoms. The Hall–Kier alpha value is -1.57. The summed E-state index contributed by atoms with van der Waals surface area (Å²) >= 11 is 1.32. The number of thioether (sulfide) groups is 1. The van der Waals surface area contributed by atoms with E-state index in [-0.39, 0.29) is 28.9 Å². The van der Waals surface area contributed by atoms with Crippen LogP contribution in [-0.4, -0.2) is 46.7 Å². The maximum Gasteiger partial charge on any atom is 0.243 e. The Morgan fingerprint density at radius 2 is 1.86 bits per heavy atom. The van der Waals surface area contributed by atoms with Gasteiger partial charge in [0.05, 0.1) is 0 Å². The maximum atomic E-state index is 12.7. The number of nitrogens with one attached hydrogen (secondary N) is 3. The molecule has 2 aliphatic rings. The number of piperidine rings is 1. The molecule has 0 aromatic heterocycles. The maximum absolute atomic E-state index is 12.7. The molecule has 3 N–H and O–H groups in total. The Balaban J connectivity index is 1.83. The Bertz CT molecular complexity index is 564. The molecular formula is C20H33N3O4S. The summed E-state index contributed by atoms with van der Waals surface area (Å²) < 4.78 is 0. The van der Waals surface area contributed by atoms with Gasteiger partial charge in [0.2, 0.25) is 17.7 Å². The van der Waals surface area contributed by atoms with E-state index in [0.717, 1.165) is 50.7 Å². The predicted octanol–water partition coefficient (Wildman–Crippen LogP) is 2.04. The fourth-order valence-electron chi connectivity index (χ4n) is 3.76. The number of hydrogen-bond acceptors (Lipinski definition) is 5. The van der Waals surface area contributed by atoms with Crippen LogP contribution in [0.4, 0.5) is 0 Å². The smallest absolute Gasteiger partial charge is 0.243 e. The second-order valence-electron chi connectivity index (χ2n) is 7.75. The Labute approximate surface area is 171 Å². The molecule has 2 fully saturated rings. The van der Waals surface area contributed by atoms with Gasteiger partial charge in [0.1, 0.15) is 12.1 Å². The van der Waals surface area contributed by atoms with E-state index in [1.165, 1.54) is 11.8 Å². The van der Waals surface area contributed by atoms with Crippen LogP contribution in [-0.2, 0) is 19.2 Å². The molecule has 1 heterocycles. The summed E-state index contributed by atoms with van der Waals surface area (Å²) in [5.74, 6) is 0.281. The molecule has 1 aliphatic heterocycles. The van der Waals surface area contributed by atoms with Crippen molar-refractivity contribution in [3.63, 3.8) is 0 Å². The molecule has 7 nitrogen and oxygen atoms in total. The molecule has 1 saturated carbocycles. The quantitative estimate of drug-likeness (QED) is 0.477. The molecule has 0 unspecified atom stereocenters. The van der Waals surface area contributed by atoms with Crippen molar-refractivity contribution in [3.05, 3.63) is 0 Å². The highest BCUT2D eigenvalue weighted by Crippen LogP contribution is 2.18. The van der Waals surface area contributed by atoms with Crippen LogP contribution in [0.25, 0.3) is 0 Å². The number of carbonyl (C=O) groups is 4. The van der Waals surface area contributed by atoms with Crippen molar-refractivity contribution in [2.24, 2.45) is 0 Å². The average Bonchev–Trinajstić information content (AvgIpc) is 3.16. The van der Waals surface area contributed by atoms with Gasteiger partial charge in [-0.1, -0.05) is 37.4 Å². The fraction of sp³-hybridized carbons (Fsp3) is 0.800. The first kappa shape index (κ1) is 22.7. The summed E-state index contributed by atoms with van der Waals surface area (Å²) in [4.78, 5) is 47.8. The molecule has 8 heteroatoms. The zero-order valence-electron chi connectivity index (χ0n) is 16.8. The third-order valence-electron chi connectivity index (χ3n) is 5.33. The number of hydrogen-bond donors (Lipinski definition) is 3. The van der Waals surface area contributed by atoms with Gasteiger partial charge in [-0.2, -0.15) is 0 Å². The second-order valence-corrected chi connectivity index (χ2v) is 9.02. The van der Waals surface area contributed by atoms with Gasteiger partial charge in [-0.05, 0) is 38.5 Å². The first-order valence-corrected chi connectivity index (χ1v) is 11.5. The largest absolute Gasteiger partial charge is 0.352 e. The highest BCUT2D eigenvalue weighted by atomic mass is 32.2. The van der Waals surface area contributed by atoms with Crippen LogP contribution in [0.5, 0.6) is 0 Å². The standard InChI is InChI=1S/C20H33N3O4S/c1-14(24)28-13-6-2-3-10-17(19(26)21-15-8-4-5-9-15)23-20(27)16-11-7-12-18(25)22-16/h15-17H,2-13H2,1H3,(H,21,26)(H,22,25)(H,23,27)/t16-,17-/m0/s1. The van der Waals surface area contributed by atoms with E-state index < -0.39 is 12.1 Å². The van der Waals surface area contributed by atoms with Crippen LogP contribution in [0.3, 0.4) is 0 Å². The Kier molecular flexibility index (Phi) is 9.81. The minimum atomic E-state index is -0.576. The predicted molar refractivity (Wildman–Crippen MR) is 110 cm³/mol. The van der Waals surface area contributed by atoms with Gasteiger partial charge in [0.25, 0.3) is 0 Å². The average molecular weight is 412 g/mol. The van der Waals surface area contributed by atoms with Gasteiger partial charge in [-0.15, -0.1) is 0 Å².